The first kappa shape index (κ1) is 9.21. The molecule has 0 aliphatic carbocycles. The summed E-state index contributed by atoms with van der Waals surface area (Å²) >= 11 is 0. The fraction of sp³-hybridized carbons (Fsp3) is 0.556. The Balaban J connectivity index is 2.07. The molecular weight excluding hydrogens is 182 g/mol. The average Bonchev–Trinajstić information content (AvgIpc) is 2.52. The number of rotatable bonds is 2. The fourth-order valence-electron chi connectivity index (χ4n) is 1.59. The first-order chi connectivity index (χ1) is 6.75. The first-order valence-corrected chi connectivity index (χ1v) is 4.68. The zero-order valence-electron chi connectivity index (χ0n) is 7.99. The SMILES string of the molecule is CC1OCCC1Nc1cn[nH]c(=O)c1. The lowest BCUT2D eigenvalue weighted by Crippen LogP contribution is -2.27. The highest BCUT2D eigenvalue weighted by Crippen LogP contribution is 2.16. The quantitative estimate of drug-likeness (QED) is 0.715. The van der Waals surface area contributed by atoms with E-state index in [4.69, 9.17) is 4.74 Å². The molecule has 0 spiro atoms. The molecule has 76 valence electrons. The van der Waals surface area contributed by atoms with Gasteiger partial charge in [0, 0.05) is 12.7 Å². The van der Waals surface area contributed by atoms with E-state index in [9.17, 15) is 4.79 Å². The maximum Gasteiger partial charge on any atom is 0.266 e. The zero-order valence-corrected chi connectivity index (χ0v) is 7.99. The van der Waals surface area contributed by atoms with Gasteiger partial charge in [0.25, 0.3) is 5.56 Å². The monoisotopic (exact) mass is 195 g/mol. The van der Waals surface area contributed by atoms with Crippen LogP contribution >= 0.6 is 0 Å². The van der Waals surface area contributed by atoms with E-state index in [1.807, 2.05) is 6.92 Å². The summed E-state index contributed by atoms with van der Waals surface area (Å²) in [5, 5.41) is 9.27. The molecule has 5 nitrogen and oxygen atoms in total. The van der Waals surface area contributed by atoms with Crippen molar-refractivity contribution in [2.45, 2.75) is 25.5 Å². The van der Waals surface area contributed by atoms with Gasteiger partial charge in [0.05, 0.1) is 24.0 Å². The standard InChI is InChI=1S/C9H13N3O2/c1-6-8(2-3-14-6)11-7-4-9(13)12-10-5-7/h4-6,8H,2-3H2,1H3,(H2,11,12,13). The summed E-state index contributed by atoms with van der Waals surface area (Å²) in [5.41, 5.74) is 0.553. The Morgan fingerprint density at radius 1 is 1.71 bits per heavy atom. The molecule has 0 aromatic carbocycles. The molecule has 14 heavy (non-hydrogen) atoms. The Bertz CT molecular complexity index is 363. The summed E-state index contributed by atoms with van der Waals surface area (Å²) in [5.74, 6) is 0. The van der Waals surface area contributed by atoms with Crippen LogP contribution in [0.15, 0.2) is 17.1 Å². The van der Waals surface area contributed by atoms with Gasteiger partial charge in [-0.05, 0) is 13.3 Å². The predicted octanol–water partition coefficient (Wildman–Crippen LogP) is 0.359. The third kappa shape index (κ3) is 1.93. The molecular formula is C9H13N3O2. The highest BCUT2D eigenvalue weighted by atomic mass is 16.5. The van der Waals surface area contributed by atoms with Crippen LogP contribution < -0.4 is 10.9 Å². The summed E-state index contributed by atoms with van der Waals surface area (Å²) in [6.07, 6.45) is 2.76. The van der Waals surface area contributed by atoms with Gasteiger partial charge < -0.3 is 10.1 Å². The van der Waals surface area contributed by atoms with Crippen molar-refractivity contribution in [3.05, 3.63) is 22.6 Å². The van der Waals surface area contributed by atoms with Gasteiger partial charge in [-0.3, -0.25) is 4.79 Å². The molecule has 1 aliphatic heterocycles. The lowest BCUT2D eigenvalue weighted by molar-refractivity contribution is 0.121. The number of nitrogens with zero attached hydrogens (tertiary/aromatic N) is 1. The van der Waals surface area contributed by atoms with E-state index in [2.05, 4.69) is 15.5 Å². The molecule has 2 rings (SSSR count). The lowest BCUT2D eigenvalue weighted by Gasteiger charge is -2.16. The summed E-state index contributed by atoms with van der Waals surface area (Å²) in [6.45, 7) is 2.79. The Labute approximate surface area is 81.5 Å². The third-order valence-electron chi connectivity index (χ3n) is 2.39. The van der Waals surface area contributed by atoms with Crippen molar-refractivity contribution in [1.82, 2.24) is 10.2 Å². The molecule has 0 saturated carbocycles. The van der Waals surface area contributed by atoms with Gasteiger partial charge in [0.15, 0.2) is 0 Å². The number of H-pyrrole nitrogens is 1. The van der Waals surface area contributed by atoms with Crippen LogP contribution in [-0.2, 0) is 4.74 Å². The number of aromatic nitrogens is 2. The number of hydrogen-bond acceptors (Lipinski definition) is 4. The minimum absolute atomic E-state index is 0.189. The van der Waals surface area contributed by atoms with Gasteiger partial charge >= 0.3 is 0 Å². The maximum atomic E-state index is 11.0. The summed E-state index contributed by atoms with van der Waals surface area (Å²) in [7, 11) is 0. The van der Waals surface area contributed by atoms with E-state index in [1.165, 1.54) is 6.07 Å². The molecule has 1 aromatic rings. The van der Waals surface area contributed by atoms with E-state index in [-0.39, 0.29) is 17.7 Å². The average molecular weight is 195 g/mol. The van der Waals surface area contributed by atoms with E-state index in [0.29, 0.717) is 0 Å². The lowest BCUT2D eigenvalue weighted by atomic mass is 10.1. The zero-order chi connectivity index (χ0) is 9.97. The molecule has 2 heterocycles. The second kappa shape index (κ2) is 3.79. The number of hydrogen-bond donors (Lipinski definition) is 2. The third-order valence-corrected chi connectivity index (χ3v) is 2.39. The van der Waals surface area contributed by atoms with Crippen LogP contribution in [0.5, 0.6) is 0 Å². The van der Waals surface area contributed by atoms with Crippen molar-refractivity contribution in [3.8, 4) is 0 Å². The number of ether oxygens (including phenoxy) is 1. The minimum atomic E-state index is -0.193. The minimum Gasteiger partial charge on any atom is -0.378 e. The van der Waals surface area contributed by atoms with Crippen molar-refractivity contribution < 1.29 is 4.74 Å². The molecule has 1 aliphatic rings. The van der Waals surface area contributed by atoms with E-state index in [0.717, 1.165) is 18.7 Å². The van der Waals surface area contributed by atoms with E-state index in [1.54, 1.807) is 6.20 Å². The smallest absolute Gasteiger partial charge is 0.266 e. The van der Waals surface area contributed by atoms with Crippen LogP contribution in [0.3, 0.4) is 0 Å². The molecule has 1 saturated heterocycles. The summed E-state index contributed by atoms with van der Waals surface area (Å²) < 4.78 is 5.40. The number of nitrogens with one attached hydrogen (secondary N) is 2. The molecule has 2 N–H and O–H groups in total. The second-order valence-corrected chi connectivity index (χ2v) is 3.45. The molecule has 2 atom stereocenters. The van der Waals surface area contributed by atoms with Gasteiger partial charge in [-0.15, -0.1) is 0 Å². The molecule has 1 aromatic heterocycles. The van der Waals surface area contributed by atoms with Gasteiger partial charge in [-0.25, -0.2) is 5.10 Å². The van der Waals surface area contributed by atoms with Crippen LogP contribution in [-0.4, -0.2) is 29.0 Å². The maximum absolute atomic E-state index is 11.0. The number of aromatic amines is 1. The second-order valence-electron chi connectivity index (χ2n) is 3.45. The van der Waals surface area contributed by atoms with Crippen LogP contribution in [0.2, 0.25) is 0 Å². The van der Waals surface area contributed by atoms with Crippen molar-refractivity contribution in [2.24, 2.45) is 0 Å². The van der Waals surface area contributed by atoms with E-state index >= 15 is 0 Å². The van der Waals surface area contributed by atoms with Gasteiger partial charge in [-0.1, -0.05) is 0 Å². The topological polar surface area (TPSA) is 67.0 Å². The highest BCUT2D eigenvalue weighted by Gasteiger charge is 2.23. The molecule has 0 radical (unpaired) electrons. The summed E-state index contributed by atoms with van der Waals surface area (Å²) in [4.78, 5) is 11.0. The molecule has 5 heteroatoms. The van der Waals surface area contributed by atoms with Gasteiger partial charge in [0.2, 0.25) is 0 Å². The fourth-order valence-corrected chi connectivity index (χ4v) is 1.59. The summed E-state index contributed by atoms with van der Waals surface area (Å²) in [6, 6.07) is 1.77. The van der Waals surface area contributed by atoms with Gasteiger partial charge in [0.1, 0.15) is 0 Å². The Kier molecular flexibility index (Phi) is 2.49. The number of anilines is 1. The molecule has 0 amide bonds. The van der Waals surface area contributed by atoms with Crippen LogP contribution in [0.25, 0.3) is 0 Å². The van der Waals surface area contributed by atoms with Crippen LogP contribution in [0.1, 0.15) is 13.3 Å². The predicted molar refractivity (Wildman–Crippen MR) is 52.3 cm³/mol. The first-order valence-electron chi connectivity index (χ1n) is 4.68. The van der Waals surface area contributed by atoms with Crippen molar-refractivity contribution in [1.29, 1.82) is 0 Å². The van der Waals surface area contributed by atoms with Crippen molar-refractivity contribution >= 4 is 5.69 Å². The van der Waals surface area contributed by atoms with Crippen LogP contribution in [0.4, 0.5) is 5.69 Å². The molecule has 0 bridgehead atoms. The van der Waals surface area contributed by atoms with Crippen molar-refractivity contribution in [2.75, 3.05) is 11.9 Å². The van der Waals surface area contributed by atoms with Crippen molar-refractivity contribution in [3.63, 3.8) is 0 Å². The highest BCUT2D eigenvalue weighted by molar-refractivity contribution is 5.40. The van der Waals surface area contributed by atoms with E-state index < -0.39 is 0 Å². The largest absolute Gasteiger partial charge is 0.378 e. The molecule has 1 fully saturated rings. The Morgan fingerprint density at radius 2 is 2.57 bits per heavy atom. The Morgan fingerprint density at radius 3 is 3.21 bits per heavy atom. The molecule has 2 unspecified atom stereocenters. The normalized spacial score (nSPS) is 26.4. The van der Waals surface area contributed by atoms with Gasteiger partial charge in [-0.2, -0.15) is 5.10 Å². The Hall–Kier alpha value is -1.36. The van der Waals surface area contributed by atoms with Crippen LogP contribution in [0, 0.1) is 0 Å².